The molecule has 0 radical (unpaired) electrons. The molecule has 0 saturated carbocycles. The molecular weight excluding hydrogens is 360 g/mol. The average Bonchev–Trinajstić information content (AvgIpc) is 2.72. The molecule has 1 unspecified atom stereocenters. The Bertz CT molecular complexity index is 699. The van der Waals surface area contributed by atoms with E-state index in [4.69, 9.17) is 9.84 Å². The molecule has 9 heteroatoms. The highest BCUT2D eigenvalue weighted by Gasteiger charge is 2.07. The van der Waals surface area contributed by atoms with Crippen LogP contribution in [0.15, 0.2) is 24.3 Å². The van der Waals surface area contributed by atoms with Crippen LogP contribution >= 0.6 is 0 Å². The molecule has 0 bridgehead atoms. The number of aromatic nitrogens is 3. The summed E-state index contributed by atoms with van der Waals surface area (Å²) in [4.78, 5) is 13.1. The van der Waals surface area contributed by atoms with E-state index < -0.39 is 6.10 Å². The van der Waals surface area contributed by atoms with Crippen molar-refractivity contribution in [2.24, 2.45) is 0 Å². The number of aliphatic hydroxyl groups excluding tert-OH is 2. The summed E-state index contributed by atoms with van der Waals surface area (Å²) in [5, 5.41) is 27.5. The summed E-state index contributed by atoms with van der Waals surface area (Å²) in [7, 11) is 1.76. The maximum atomic E-state index is 9.33. The van der Waals surface area contributed by atoms with Gasteiger partial charge < -0.3 is 30.9 Å². The monoisotopic (exact) mass is 390 g/mol. The van der Waals surface area contributed by atoms with Crippen molar-refractivity contribution in [3.63, 3.8) is 0 Å². The zero-order chi connectivity index (χ0) is 20.2. The van der Waals surface area contributed by atoms with Gasteiger partial charge in [0, 0.05) is 19.3 Å². The first-order valence-corrected chi connectivity index (χ1v) is 9.61. The smallest absolute Gasteiger partial charge is 0.233 e. The highest BCUT2D eigenvalue weighted by Crippen LogP contribution is 2.19. The fourth-order valence-electron chi connectivity index (χ4n) is 2.38. The lowest BCUT2D eigenvalue weighted by molar-refractivity contribution is 0.0536. The molecule has 0 amide bonds. The van der Waals surface area contributed by atoms with Gasteiger partial charge in [0.2, 0.25) is 17.8 Å². The van der Waals surface area contributed by atoms with Gasteiger partial charge >= 0.3 is 0 Å². The molecule has 0 fully saturated rings. The summed E-state index contributed by atoms with van der Waals surface area (Å²) in [6, 6.07) is 7.17. The van der Waals surface area contributed by atoms with E-state index in [-0.39, 0.29) is 13.2 Å². The number of anilines is 4. The van der Waals surface area contributed by atoms with Gasteiger partial charge in [-0.15, -0.1) is 0 Å². The van der Waals surface area contributed by atoms with E-state index in [0.29, 0.717) is 23.6 Å². The lowest BCUT2D eigenvalue weighted by Crippen LogP contribution is -2.21. The van der Waals surface area contributed by atoms with Crippen molar-refractivity contribution in [2.75, 3.05) is 42.8 Å². The van der Waals surface area contributed by atoms with Crippen LogP contribution < -0.4 is 20.7 Å². The van der Waals surface area contributed by atoms with Crippen molar-refractivity contribution < 1.29 is 14.9 Å². The Morgan fingerprint density at radius 2 is 1.71 bits per heavy atom. The molecule has 0 aliphatic rings. The summed E-state index contributed by atoms with van der Waals surface area (Å²) >= 11 is 0. The molecule has 1 heterocycles. The van der Waals surface area contributed by atoms with Crippen LogP contribution in [0.2, 0.25) is 0 Å². The Labute approximate surface area is 165 Å². The van der Waals surface area contributed by atoms with Crippen molar-refractivity contribution >= 4 is 23.5 Å². The number of nitrogens with one attached hydrogen (secondary N) is 3. The largest absolute Gasteiger partial charge is 0.491 e. The number of unbranched alkanes of at least 4 members (excludes halogenated alkanes) is 3. The summed E-state index contributed by atoms with van der Waals surface area (Å²) < 4.78 is 5.39. The second-order valence-electron chi connectivity index (χ2n) is 6.34. The van der Waals surface area contributed by atoms with Gasteiger partial charge in [0.15, 0.2) is 0 Å². The summed E-state index contributed by atoms with van der Waals surface area (Å²) in [5.74, 6) is 2.03. The number of hydrogen-bond donors (Lipinski definition) is 5. The Morgan fingerprint density at radius 3 is 2.39 bits per heavy atom. The molecule has 0 aliphatic carbocycles. The van der Waals surface area contributed by atoms with Gasteiger partial charge in [-0.05, 0) is 30.7 Å². The highest BCUT2D eigenvalue weighted by molar-refractivity contribution is 5.56. The van der Waals surface area contributed by atoms with Crippen molar-refractivity contribution in [1.29, 1.82) is 0 Å². The van der Waals surface area contributed by atoms with E-state index in [2.05, 4.69) is 37.8 Å². The third kappa shape index (κ3) is 7.53. The van der Waals surface area contributed by atoms with E-state index in [9.17, 15) is 5.11 Å². The average molecular weight is 390 g/mol. The maximum Gasteiger partial charge on any atom is 0.233 e. The Kier molecular flexibility index (Phi) is 9.23. The highest BCUT2D eigenvalue weighted by atomic mass is 16.5. The van der Waals surface area contributed by atoms with Gasteiger partial charge in [0.05, 0.1) is 6.61 Å². The molecule has 28 heavy (non-hydrogen) atoms. The predicted octanol–water partition coefficient (Wildman–Crippen LogP) is 2.38. The van der Waals surface area contributed by atoms with Gasteiger partial charge in [-0.3, -0.25) is 0 Å². The standard InChI is InChI=1S/C19H30N6O3/c1-3-4-5-6-11-21-18-23-17(20-2)24-19(25-18)22-14-7-9-16(10-8-14)28-13-15(27)12-26/h7-10,15,26-27H,3-6,11-13H2,1-2H3,(H3,20,21,22,23,24,25). The van der Waals surface area contributed by atoms with Gasteiger partial charge in [0.1, 0.15) is 18.5 Å². The molecule has 1 aromatic heterocycles. The minimum atomic E-state index is -0.893. The predicted molar refractivity (Wildman–Crippen MR) is 110 cm³/mol. The third-order valence-electron chi connectivity index (χ3n) is 3.94. The molecule has 5 N–H and O–H groups in total. The van der Waals surface area contributed by atoms with Crippen LogP contribution in [0, 0.1) is 0 Å². The van der Waals surface area contributed by atoms with Crippen LogP contribution in [0.3, 0.4) is 0 Å². The van der Waals surface area contributed by atoms with Crippen molar-refractivity contribution in [3.8, 4) is 5.75 Å². The van der Waals surface area contributed by atoms with Gasteiger partial charge in [-0.25, -0.2) is 0 Å². The second kappa shape index (κ2) is 11.9. The first-order chi connectivity index (χ1) is 13.6. The summed E-state index contributed by atoms with van der Waals surface area (Å²) in [5.41, 5.74) is 0.789. The fraction of sp³-hybridized carbons (Fsp3) is 0.526. The molecular formula is C19H30N6O3. The van der Waals surface area contributed by atoms with Crippen LogP contribution in [0.1, 0.15) is 32.6 Å². The van der Waals surface area contributed by atoms with E-state index in [1.165, 1.54) is 19.3 Å². The molecule has 2 rings (SSSR count). The van der Waals surface area contributed by atoms with E-state index in [1.807, 2.05) is 12.1 Å². The SMILES string of the molecule is CCCCCCNc1nc(NC)nc(Nc2ccc(OCC(O)CO)cc2)n1. The van der Waals surface area contributed by atoms with Crippen molar-refractivity contribution in [1.82, 2.24) is 15.0 Å². The quantitative estimate of drug-likeness (QED) is 0.328. The van der Waals surface area contributed by atoms with Crippen LogP contribution in [0.4, 0.5) is 23.5 Å². The lowest BCUT2D eigenvalue weighted by Gasteiger charge is -2.12. The Morgan fingerprint density at radius 1 is 1.00 bits per heavy atom. The van der Waals surface area contributed by atoms with Crippen molar-refractivity contribution in [3.05, 3.63) is 24.3 Å². The normalized spacial score (nSPS) is 11.7. The lowest BCUT2D eigenvalue weighted by atomic mass is 10.2. The van der Waals surface area contributed by atoms with Gasteiger partial charge in [-0.1, -0.05) is 26.2 Å². The molecule has 0 spiro atoms. The first-order valence-electron chi connectivity index (χ1n) is 9.61. The number of benzene rings is 1. The minimum absolute atomic E-state index is 0.0373. The third-order valence-corrected chi connectivity index (χ3v) is 3.94. The summed E-state index contributed by atoms with van der Waals surface area (Å²) in [6.45, 7) is 2.71. The maximum absolute atomic E-state index is 9.33. The number of aliphatic hydroxyl groups is 2. The second-order valence-corrected chi connectivity index (χ2v) is 6.34. The molecule has 2 aromatic rings. The van der Waals surface area contributed by atoms with Crippen LogP contribution in [0.25, 0.3) is 0 Å². The molecule has 9 nitrogen and oxygen atoms in total. The van der Waals surface area contributed by atoms with Crippen molar-refractivity contribution in [2.45, 2.75) is 38.7 Å². The number of nitrogens with zero attached hydrogens (tertiary/aromatic N) is 3. The number of ether oxygens (including phenoxy) is 1. The molecule has 0 aliphatic heterocycles. The zero-order valence-corrected chi connectivity index (χ0v) is 16.5. The fourth-order valence-corrected chi connectivity index (χ4v) is 2.38. The number of rotatable bonds is 13. The molecule has 154 valence electrons. The molecule has 1 aromatic carbocycles. The first kappa shape index (κ1) is 21.6. The number of hydrogen-bond acceptors (Lipinski definition) is 9. The summed E-state index contributed by atoms with van der Waals surface area (Å²) in [6.07, 6.45) is 3.80. The molecule has 1 atom stereocenters. The van der Waals surface area contributed by atoms with Crippen LogP contribution in [0.5, 0.6) is 5.75 Å². The van der Waals surface area contributed by atoms with E-state index in [0.717, 1.165) is 18.7 Å². The Hall–Kier alpha value is -2.65. The van der Waals surface area contributed by atoms with E-state index >= 15 is 0 Å². The van der Waals surface area contributed by atoms with E-state index in [1.54, 1.807) is 19.2 Å². The molecule has 0 saturated heterocycles. The van der Waals surface area contributed by atoms with Gasteiger partial charge in [-0.2, -0.15) is 15.0 Å². The topological polar surface area (TPSA) is 124 Å². The Balaban J connectivity index is 1.95. The van der Waals surface area contributed by atoms with Crippen LogP contribution in [-0.4, -0.2) is 58.1 Å². The zero-order valence-electron chi connectivity index (χ0n) is 16.5. The van der Waals surface area contributed by atoms with Crippen LogP contribution in [-0.2, 0) is 0 Å². The minimum Gasteiger partial charge on any atom is -0.491 e. The van der Waals surface area contributed by atoms with Gasteiger partial charge in [0.25, 0.3) is 0 Å².